The van der Waals surface area contributed by atoms with Crippen LogP contribution in [-0.4, -0.2) is 5.33 Å². The quantitative estimate of drug-likeness (QED) is 0.603. The second-order valence-electron chi connectivity index (χ2n) is 5.41. The van der Waals surface area contributed by atoms with Crippen LogP contribution in [-0.2, 0) is 6.42 Å². The Hall–Kier alpha value is -0.300. The van der Waals surface area contributed by atoms with Crippen molar-refractivity contribution in [1.82, 2.24) is 0 Å². The van der Waals surface area contributed by atoms with Gasteiger partial charge in [-0.25, -0.2) is 0 Å². The zero-order valence-corrected chi connectivity index (χ0v) is 13.2. The molecule has 1 rings (SSSR count). The van der Waals surface area contributed by atoms with E-state index in [4.69, 9.17) is 0 Å². The van der Waals surface area contributed by atoms with Crippen molar-refractivity contribution < 1.29 is 0 Å². The predicted molar refractivity (Wildman–Crippen MR) is 81.0 cm³/mol. The van der Waals surface area contributed by atoms with E-state index in [1.165, 1.54) is 30.4 Å². The lowest BCUT2D eigenvalue weighted by atomic mass is 9.79. The summed E-state index contributed by atoms with van der Waals surface area (Å²) < 4.78 is 0. The molecule has 0 atom stereocenters. The van der Waals surface area contributed by atoms with Gasteiger partial charge in [-0.3, -0.25) is 0 Å². The van der Waals surface area contributed by atoms with Crippen LogP contribution in [0.5, 0.6) is 0 Å². The summed E-state index contributed by atoms with van der Waals surface area (Å²) in [6.07, 6.45) is 3.66. The molecule has 0 saturated carbocycles. The first kappa shape index (κ1) is 14.8. The van der Waals surface area contributed by atoms with E-state index in [-0.39, 0.29) is 0 Å². The third-order valence-corrected chi connectivity index (χ3v) is 5.20. The van der Waals surface area contributed by atoms with E-state index in [9.17, 15) is 0 Å². The number of halogens is 1. The van der Waals surface area contributed by atoms with Crippen molar-refractivity contribution in [3.8, 4) is 0 Å². The molecule has 0 radical (unpaired) electrons. The Morgan fingerprint density at radius 1 is 1.06 bits per heavy atom. The van der Waals surface area contributed by atoms with Gasteiger partial charge in [0.05, 0.1) is 0 Å². The second kappa shape index (κ2) is 6.58. The molecule has 0 nitrogen and oxygen atoms in total. The Balaban J connectivity index is 2.80. The van der Waals surface area contributed by atoms with E-state index < -0.39 is 0 Å². The zero-order valence-electron chi connectivity index (χ0n) is 11.6. The predicted octanol–water partition coefficient (Wildman–Crippen LogP) is 5.55. The van der Waals surface area contributed by atoms with Crippen molar-refractivity contribution >= 4 is 15.9 Å². The molecule has 1 aromatic rings. The highest BCUT2D eigenvalue weighted by molar-refractivity contribution is 9.09. The molecule has 0 fully saturated rings. The molecular weight excluding hydrogens is 272 g/mol. The molecule has 0 bridgehead atoms. The van der Waals surface area contributed by atoms with Gasteiger partial charge < -0.3 is 0 Å². The van der Waals surface area contributed by atoms with Crippen LogP contribution in [0.2, 0.25) is 0 Å². The fraction of sp³-hybridized carbons (Fsp3) is 0.625. The zero-order chi connectivity index (χ0) is 12.9. The number of benzene rings is 1. The van der Waals surface area contributed by atoms with Gasteiger partial charge in [0.2, 0.25) is 0 Å². The molecule has 0 amide bonds. The van der Waals surface area contributed by atoms with E-state index in [2.05, 4.69) is 67.9 Å². The summed E-state index contributed by atoms with van der Waals surface area (Å²) in [5.41, 5.74) is 3.34. The summed E-state index contributed by atoms with van der Waals surface area (Å²) in [7, 11) is 0. The van der Waals surface area contributed by atoms with E-state index in [1.54, 1.807) is 0 Å². The maximum absolute atomic E-state index is 3.69. The third kappa shape index (κ3) is 3.84. The molecule has 17 heavy (non-hydrogen) atoms. The van der Waals surface area contributed by atoms with Crippen LogP contribution >= 0.6 is 15.9 Å². The van der Waals surface area contributed by atoms with Gasteiger partial charge in [0.25, 0.3) is 0 Å². The van der Waals surface area contributed by atoms with Crippen molar-refractivity contribution in [2.45, 2.75) is 52.9 Å². The van der Waals surface area contributed by atoms with Crippen LogP contribution in [0.15, 0.2) is 24.3 Å². The fourth-order valence-electron chi connectivity index (χ4n) is 2.19. The lowest BCUT2D eigenvalue weighted by Gasteiger charge is -2.29. The molecule has 0 unspecified atom stereocenters. The molecule has 1 heteroatoms. The molecule has 0 N–H and O–H groups in total. The number of alkyl halides is 1. The van der Waals surface area contributed by atoms with Gasteiger partial charge in [-0.1, -0.05) is 67.9 Å². The molecule has 0 aliphatic carbocycles. The Morgan fingerprint density at radius 3 is 1.94 bits per heavy atom. The van der Waals surface area contributed by atoms with Gasteiger partial charge in [0.15, 0.2) is 0 Å². The minimum atomic E-state index is 0.430. The van der Waals surface area contributed by atoms with Crippen molar-refractivity contribution in [3.63, 3.8) is 0 Å². The SMILES string of the molecule is CCC(CC)(CBr)Cc1ccc(C(C)C)cc1. The summed E-state index contributed by atoms with van der Waals surface area (Å²) in [6.45, 7) is 9.09. The molecule has 0 aliphatic rings. The van der Waals surface area contributed by atoms with Crippen molar-refractivity contribution in [2.75, 3.05) is 5.33 Å². The normalized spacial score (nSPS) is 12.1. The molecule has 0 aromatic heterocycles. The maximum Gasteiger partial charge on any atom is 0.00909 e. The van der Waals surface area contributed by atoms with Crippen LogP contribution in [0.1, 0.15) is 57.6 Å². The van der Waals surface area contributed by atoms with E-state index in [0.29, 0.717) is 11.3 Å². The summed E-state index contributed by atoms with van der Waals surface area (Å²) in [6, 6.07) is 9.17. The van der Waals surface area contributed by atoms with Crippen molar-refractivity contribution in [3.05, 3.63) is 35.4 Å². The third-order valence-electron chi connectivity index (χ3n) is 4.01. The van der Waals surface area contributed by atoms with Gasteiger partial charge in [-0.15, -0.1) is 0 Å². The van der Waals surface area contributed by atoms with Crippen LogP contribution in [0.3, 0.4) is 0 Å². The second-order valence-corrected chi connectivity index (χ2v) is 5.97. The molecule has 0 heterocycles. The maximum atomic E-state index is 3.69. The molecular formula is C16H25Br. The van der Waals surface area contributed by atoms with Gasteiger partial charge >= 0.3 is 0 Å². The van der Waals surface area contributed by atoms with Crippen LogP contribution < -0.4 is 0 Å². The Morgan fingerprint density at radius 2 is 1.59 bits per heavy atom. The summed E-state index contributed by atoms with van der Waals surface area (Å²) in [4.78, 5) is 0. The largest absolute Gasteiger partial charge is 0.0922 e. The summed E-state index contributed by atoms with van der Waals surface area (Å²) in [5, 5.41) is 1.10. The average molecular weight is 297 g/mol. The number of hydrogen-bond acceptors (Lipinski definition) is 0. The van der Waals surface area contributed by atoms with E-state index in [0.717, 1.165) is 5.33 Å². The monoisotopic (exact) mass is 296 g/mol. The first-order valence-corrected chi connectivity index (χ1v) is 7.84. The highest BCUT2D eigenvalue weighted by Crippen LogP contribution is 2.33. The highest BCUT2D eigenvalue weighted by atomic mass is 79.9. The Labute approximate surface area is 115 Å². The molecule has 1 aromatic carbocycles. The fourth-order valence-corrected chi connectivity index (χ4v) is 3.18. The number of rotatable bonds is 6. The van der Waals surface area contributed by atoms with Crippen LogP contribution in [0, 0.1) is 5.41 Å². The topological polar surface area (TPSA) is 0 Å². The minimum Gasteiger partial charge on any atom is -0.0922 e. The molecule has 0 spiro atoms. The van der Waals surface area contributed by atoms with Crippen molar-refractivity contribution in [1.29, 1.82) is 0 Å². The van der Waals surface area contributed by atoms with Crippen LogP contribution in [0.25, 0.3) is 0 Å². The summed E-state index contributed by atoms with van der Waals surface area (Å²) in [5.74, 6) is 0.627. The van der Waals surface area contributed by atoms with Gasteiger partial charge in [0.1, 0.15) is 0 Å². The van der Waals surface area contributed by atoms with Gasteiger partial charge in [-0.05, 0) is 41.7 Å². The van der Waals surface area contributed by atoms with E-state index >= 15 is 0 Å². The molecule has 0 aliphatic heterocycles. The molecule has 96 valence electrons. The highest BCUT2D eigenvalue weighted by Gasteiger charge is 2.24. The lowest BCUT2D eigenvalue weighted by Crippen LogP contribution is -2.23. The van der Waals surface area contributed by atoms with Gasteiger partial charge in [-0.2, -0.15) is 0 Å². The lowest BCUT2D eigenvalue weighted by molar-refractivity contribution is 0.307. The molecule has 0 saturated heterocycles. The smallest absolute Gasteiger partial charge is 0.00909 e. The van der Waals surface area contributed by atoms with Crippen LogP contribution in [0.4, 0.5) is 0 Å². The first-order chi connectivity index (χ1) is 8.06. The van der Waals surface area contributed by atoms with E-state index in [1.807, 2.05) is 0 Å². The Bertz CT molecular complexity index is 312. The average Bonchev–Trinajstić information content (AvgIpc) is 2.37. The Kier molecular flexibility index (Phi) is 5.72. The standard InChI is InChI=1S/C16H25Br/c1-5-16(6-2,12-17)11-14-7-9-15(10-8-14)13(3)4/h7-10,13H,5-6,11-12H2,1-4H3. The summed E-state index contributed by atoms with van der Waals surface area (Å²) >= 11 is 3.69. The van der Waals surface area contributed by atoms with Crippen molar-refractivity contribution in [2.24, 2.45) is 5.41 Å². The minimum absolute atomic E-state index is 0.430. The number of hydrogen-bond donors (Lipinski definition) is 0. The van der Waals surface area contributed by atoms with Gasteiger partial charge in [0, 0.05) is 5.33 Å². The first-order valence-electron chi connectivity index (χ1n) is 6.71.